The maximum atomic E-state index is 5.52. The lowest BCUT2D eigenvalue weighted by Gasteiger charge is -1.96. The summed E-state index contributed by atoms with van der Waals surface area (Å²) in [5, 5.41) is 0. The standard InChI is InChI=1S/C6H8BN/c1-5-3-4-6(2)8(5)7/h3-4H,1-2H3. The van der Waals surface area contributed by atoms with Crippen LogP contribution in [0.1, 0.15) is 11.4 Å². The average Bonchev–Trinajstić information content (AvgIpc) is 1.98. The van der Waals surface area contributed by atoms with Crippen LogP contribution in [0, 0.1) is 13.8 Å². The summed E-state index contributed by atoms with van der Waals surface area (Å²) in [6, 6.07) is 3.99. The van der Waals surface area contributed by atoms with Gasteiger partial charge in [-0.25, -0.2) is 0 Å². The summed E-state index contributed by atoms with van der Waals surface area (Å²) in [6.07, 6.45) is 0. The summed E-state index contributed by atoms with van der Waals surface area (Å²) in [6.45, 7) is 3.96. The molecule has 8 heavy (non-hydrogen) atoms. The van der Waals surface area contributed by atoms with Crippen LogP contribution in [-0.2, 0) is 0 Å². The molecule has 0 amide bonds. The first-order chi connectivity index (χ1) is 3.72. The number of nitrogens with zero attached hydrogens (tertiary/aromatic N) is 1. The monoisotopic (exact) mass is 105 g/mol. The van der Waals surface area contributed by atoms with Crippen molar-refractivity contribution < 1.29 is 0 Å². The van der Waals surface area contributed by atoms with Crippen molar-refractivity contribution in [2.24, 2.45) is 0 Å². The second kappa shape index (κ2) is 1.69. The van der Waals surface area contributed by atoms with E-state index < -0.39 is 0 Å². The SMILES string of the molecule is [B]n1c(C)ccc1C. The quantitative estimate of drug-likeness (QED) is 0.434. The van der Waals surface area contributed by atoms with Crippen molar-refractivity contribution in [3.05, 3.63) is 23.5 Å². The van der Waals surface area contributed by atoms with E-state index in [1.165, 1.54) is 0 Å². The molecule has 40 valence electrons. The minimum atomic E-state index is 1.10. The Kier molecular flexibility index (Phi) is 1.16. The van der Waals surface area contributed by atoms with Crippen LogP contribution in [0.5, 0.6) is 0 Å². The van der Waals surface area contributed by atoms with E-state index in [-0.39, 0.29) is 0 Å². The molecule has 0 saturated carbocycles. The second-order valence-corrected chi connectivity index (χ2v) is 1.99. The molecule has 0 fully saturated rings. The van der Waals surface area contributed by atoms with Crippen LogP contribution in [0.3, 0.4) is 0 Å². The van der Waals surface area contributed by atoms with E-state index >= 15 is 0 Å². The molecule has 1 rings (SSSR count). The van der Waals surface area contributed by atoms with Crippen molar-refractivity contribution in [1.29, 1.82) is 0 Å². The van der Waals surface area contributed by atoms with Gasteiger partial charge in [-0.3, -0.25) is 0 Å². The summed E-state index contributed by atoms with van der Waals surface area (Å²) >= 11 is 0. The molecule has 0 aliphatic rings. The van der Waals surface area contributed by atoms with Crippen molar-refractivity contribution in [3.63, 3.8) is 0 Å². The lowest BCUT2D eigenvalue weighted by Crippen LogP contribution is -1.94. The molecule has 2 radical (unpaired) electrons. The lowest BCUT2D eigenvalue weighted by atomic mass is 10.3. The van der Waals surface area contributed by atoms with E-state index in [0.717, 1.165) is 11.4 Å². The highest BCUT2D eigenvalue weighted by Gasteiger charge is 1.90. The molecule has 0 atom stereocenters. The molecule has 0 saturated heterocycles. The van der Waals surface area contributed by atoms with E-state index in [4.69, 9.17) is 7.98 Å². The first kappa shape index (κ1) is 5.48. The maximum Gasteiger partial charge on any atom is 0.233 e. The first-order valence-electron chi connectivity index (χ1n) is 2.62. The zero-order valence-electron chi connectivity index (χ0n) is 5.18. The van der Waals surface area contributed by atoms with Crippen molar-refractivity contribution in [2.75, 3.05) is 0 Å². The van der Waals surface area contributed by atoms with Gasteiger partial charge in [0.1, 0.15) is 0 Å². The fourth-order valence-corrected chi connectivity index (χ4v) is 0.680. The fourth-order valence-electron chi connectivity index (χ4n) is 0.680. The van der Waals surface area contributed by atoms with E-state index in [2.05, 4.69) is 0 Å². The van der Waals surface area contributed by atoms with Gasteiger partial charge >= 0.3 is 0 Å². The van der Waals surface area contributed by atoms with Gasteiger partial charge in [0, 0.05) is 11.4 Å². The molecule has 1 heterocycles. The van der Waals surface area contributed by atoms with Gasteiger partial charge in [0.05, 0.1) is 0 Å². The molecule has 0 aliphatic heterocycles. The summed E-state index contributed by atoms with van der Waals surface area (Å²) in [5.74, 6) is 0. The van der Waals surface area contributed by atoms with E-state index in [1.54, 1.807) is 4.48 Å². The summed E-state index contributed by atoms with van der Waals surface area (Å²) in [5.41, 5.74) is 2.20. The first-order valence-corrected chi connectivity index (χ1v) is 2.62. The van der Waals surface area contributed by atoms with Gasteiger partial charge in [0.25, 0.3) is 0 Å². The summed E-state index contributed by atoms with van der Waals surface area (Å²) in [7, 11) is 5.52. The number of hydrogen-bond acceptors (Lipinski definition) is 0. The van der Waals surface area contributed by atoms with Crippen LogP contribution < -0.4 is 0 Å². The molecule has 0 bridgehead atoms. The Morgan fingerprint density at radius 3 is 1.75 bits per heavy atom. The fraction of sp³-hybridized carbons (Fsp3) is 0.333. The topological polar surface area (TPSA) is 4.93 Å². The van der Waals surface area contributed by atoms with Gasteiger partial charge in [-0.05, 0) is 26.0 Å². The van der Waals surface area contributed by atoms with Gasteiger partial charge < -0.3 is 4.48 Å². The molecule has 0 N–H and O–H groups in total. The van der Waals surface area contributed by atoms with Crippen LogP contribution in [-0.4, -0.2) is 12.5 Å². The van der Waals surface area contributed by atoms with E-state index in [0.29, 0.717) is 0 Å². The average molecular weight is 105 g/mol. The Labute approximate surface area is 50.8 Å². The molecular weight excluding hydrogens is 96.9 g/mol. The Bertz CT molecular complexity index is 171. The molecule has 0 aromatic carbocycles. The van der Waals surface area contributed by atoms with Crippen molar-refractivity contribution in [3.8, 4) is 0 Å². The van der Waals surface area contributed by atoms with Gasteiger partial charge in [-0.15, -0.1) is 0 Å². The van der Waals surface area contributed by atoms with Gasteiger partial charge in [-0.2, -0.15) is 0 Å². The molecule has 1 aromatic heterocycles. The normalized spacial score (nSPS) is 9.75. The molecule has 1 nitrogen and oxygen atoms in total. The number of hydrogen-bond donors (Lipinski definition) is 0. The Balaban J connectivity index is 3.19. The van der Waals surface area contributed by atoms with Crippen molar-refractivity contribution in [1.82, 2.24) is 4.48 Å². The highest BCUT2D eigenvalue weighted by atomic mass is 14.9. The smallest absolute Gasteiger partial charge is 0.233 e. The third-order valence-corrected chi connectivity index (χ3v) is 1.33. The second-order valence-electron chi connectivity index (χ2n) is 1.99. The van der Waals surface area contributed by atoms with Gasteiger partial charge in [-0.1, -0.05) is 0 Å². The predicted molar refractivity (Wildman–Crippen MR) is 35.1 cm³/mol. The predicted octanol–water partition coefficient (Wildman–Crippen LogP) is 1.04. The van der Waals surface area contributed by atoms with Gasteiger partial charge in [0.15, 0.2) is 0 Å². The molecule has 1 aromatic rings. The van der Waals surface area contributed by atoms with E-state index in [1.807, 2.05) is 26.0 Å². The van der Waals surface area contributed by atoms with Crippen molar-refractivity contribution in [2.45, 2.75) is 13.8 Å². The molecule has 0 unspecified atom stereocenters. The molecule has 0 aliphatic carbocycles. The Morgan fingerprint density at radius 2 is 1.62 bits per heavy atom. The third kappa shape index (κ3) is 0.662. The minimum absolute atomic E-state index is 1.10. The van der Waals surface area contributed by atoms with E-state index in [9.17, 15) is 0 Å². The van der Waals surface area contributed by atoms with Gasteiger partial charge in [0.2, 0.25) is 7.98 Å². The summed E-state index contributed by atoms with van der Waals surface area (Å²) < 4.78 is 1.67. The molecule has 2 heteroatoms. The minimum Gasteiger partial charge on any atom is -0.405 e. The Hall–Kier alpha value is -0.655. The highest BCUT2D eigenvalue weighted by Crippen LogP contribution is 2.01. The van der Waals surface area contributed by atoms with Crippen LogP contribution in [0.15, 0.2) is 12.1 Å². The Morgan fingerprint density at radius 1 is 1.25 bits per heavy atom. The zero-order valence-corrected chi connectivity index (χ0v) is 5.18. The maximum absolute atomic E-state index is 5.52. The number of aryl methyl sites for hydroxylation is 2. The lowest BCUT2D eigenvalue weighted by molar-refractivity contribution is 1.09. The van der Waals surface area contributed by atoms with Crippen LogP contribution >= 0.6 is 0 Å². The summed E-state index contributed by atoms with van der Waals surface area (Å²) in [4.78, 5) is 0. The zero-order chi connectivity index (χ0) is 6.15. The largest absolute Gasteiger partial charge is 0.405 e. The highest BCUT2D eigenvalue weighted by molar-refractivity contribution is 6.07. The molecular formula is C6H8BN. The van der Waals surface area contributed by atoms with Crippen molar-refractivity contribution >= 4 is 7.98 Å². The van der Waals surface area contributed by atoms with Crippen LogP contribution in [0.25, 0.3) is 0 Å². The number of aromatic nitrogens is 1. The van der Waals surface area contributed by atoms with Crippen LogP contribution in [0.2, 0.25) is 0 Å². The molecule has 0 spiro atoms. The number of rotatable bonds is 0. The third-order valence-electron chi connectivity index (χ3n) is 1.33. The van der Waals surface area contributed by atoms with Crippen LogP contribution in [0.4, 0.5) is 0 Å².